The zero-order chi connectivity index (χ0) is 8.43. The van der Waals surface area contributed by atoms with E-state index < -0.39 is 12.0 Å². The van der Waals surface area contributed by atoms with Gasteiger partial charge in [0, 0.05) is 0 Å². The molecule has 0 radical (unpaired) electrons. The summed E-state index contributed by atoms with van der Waals surface area (Å²) in [6.07, 6.45) is 2.48. The summed E-state index contributed by atoms with van der Waals surface area (Å²) < 4.78 is 0. The average molecular weight is 157 g/mol. The summed E-state index contributed by atoms with van der Waals surface area (Å²) in [5.41, 5.74) is 4.94. The maximum absolute atomic E-state index is 10.5. The van der Waals surface area contributed by atoms with Gasteiger partial charge in [0.05, 0.1) is 0 Å². The highest BCUT2D eigenvalue weighted by atomic mass is 16.3. The van der Waals surface area contributed by atoms with Crippen molar-refractivity contribution < 1.29 is 9.90 Å². The number of rotatable bonds is 4. The monoisotopic (exact) mass is 157 g/mol. The maximum atomic E-state index is 10.5. The SMILES string of the molecule is CC(CC1CC1)C(O)C(N)=O. The number of hydrogen-bond acceptors (Lipinski definition) is 2. The first-order chi connectivity index (χ1) is 5.11. The van der Waals surface area contributed by atoms with Crippen molar-refractivity contribution in [3.8, 4) is 0 Å². The number of aliphatic hydroxyl groups is 1. The van der Waals surface area contributed by atoms with Gasteiger partial charge < -0.3 is 10.8 Å². The first kappa shape index (κ1) is 8.53. The van der Waals surface area contributed by atoms with Crippen LogP contribution in [-0.4, -0.2) is 17.1 Å². The molecule has 11 heavy (non-hydrogen) atoms. The van der Waals surface area contributed by atoms with Crippen molar-refractivity contribution in [1.29, 1.82) is 0 Å². The van der Waals surface area contributed by atoms with Crippen molar-refractivity contribution in [2.24, 2.45) is 17.6 Å². The van der Waals surface area contributed by atoms with Crippen LogP contribution in [-0.2, 0) is 4.79 Å². The predicted molar refractivity (Wildman–Crippen MR) is 41.7 cm³/mol. The minimum atomic E-state index is -0.949. The van der Waals surface area contributed by atoms with Crippen LogP contribution >= 0.6 is 0 Å². The second-order valence-corrected chi connectivity index (χ2v) is 3.50. The highest BCUT2D eigenvalue weighted by Gasteiger charge is 2.28. The molecule has 0 saturated heterocycles. The van der Waals surface area contributed by atoms with Crippen LogP contribution in [0.4, 0.5) is 0 Å². The Hall–Kier alpha value is -0.570. The normalized spacial score (nSPS) is 22.7. The minimum Gasteiger partial charge on any atom is -0.383 e. The van der Waals surface area contributed by atoms with Crippen molar-refractivity contribution in [3.05, 3.63) is 0 Å². The van der Waals surface area contributed by atoms with E-state index in [0.717, 1.165) is 12.3 Å². The zero-order valence-electron chi connectivity index (χ0n) is 6.79. The number of aliphatic hydroxyl groups excluding tert-OH is 1. The van der Waals surface area contributed by atoms with E-state index in [2.05, 4.69) is 0 Å². The van der Waals surface area contributed by atoms with Crippen LogP contribution in [0.3, 0.4) is 0 Å². The second-order valence-electron chi connectivity index (χ2n) is 3.50. The predicted octanol–water partition coefficient (Wildman–Crippen LogP) is 0.269. The molecule has 3 heteroatoms. The molecule has 1 rings (SSSR count). The molecule has 0 aliphatic heterocycles. The van der Waals surface area contributed by atoms with Crippen molar-refractivity contribution in [3.63, 3.8) is 0 Å². The lowest BCUT2D eigenvalue weighted by Gasteiger charge is -2.14. The molecule has 1 fully saturated rings. The Morgan fingerprint density at radius 1 is 1.73 bits per heavy atom. The Kier molecular flexibility index (Phi) is 2.49. The lowest BCUT2D eigenvalue weighted by molar-refractivity contribution is -0.128. The van der Waals surface area contributed by atoms with Gasteiger partial charge in [-0.3, -0.25) is 4.79 Å². The number of amides is 1. The summed E-state index contributed by atoms with van der Waals surface area (Å²) in [6, 6.07) is 0. The Morgan fingerprint density at radius 3 is 2.64 bits per heavy atom. The fourth-order valence-corrected chi connectivity index (χ4v) is 1.29. The number of carbonyl (C=O) groups is 1. The van der Waals surface area contributed by atoms with Gasteiger partial charge in [0.25, 0.3) is 0 Å². The number of hydrogen-bond donors (Lipinski definition) is 2. The lowest BCUT2D eigenvalue weighted by atomic mass is 9.98. The molecule has 64 valence electrons. The molecule has 0 aromatic heterocycles. The molecule has 3 nitrogen and oxygen atoms in total. The van der Waals surface area contributed by atoms with E-state index in [1.807, 2.05) is 6.92 Å². The zero-order valence-corrected chi connectivity index (χ0v) is 6.79. The molecule has 3 N–H and O–H groups in total. The highest BCUT2D eigenvalue weighted by Crippen LogP contribution is 2.35. The Balaban J connectivity index is 2.26. The lowest BCUT2D eigenvalue weighted by Crippen LogP contribution is -2.34. The third-order valence-electron chi connectivity index (χ3n) is 2.23. The highest BCUT2D eigenvalue weighted by molar-refractivity contribution is 5.78. The van der Waals surface area contributed by atoms with E-state index >= 15 is 0 Å². The van der Waals surface area contributed by atoms with Gasteiger partial charge in [0.1, 0.15) is 6.10 Å². The van der Waals surface area contributed by atoms with Gasteiger partial charge in [-0.2, -0.15) is 0 Å². The summed E-state index contributed by atoms with van der Waals surface area (Å²) in [4.78, 5) is 10.5. The Labute approximate surface area is 66.6 Å². The molecular formula is C8H15NO2. The maximum Gasteiger partial charge on any atom is 0.246 e. The van der Waals surface area contributed by atoms with Gasteiger partial charge in [-0.1, -0.05) is 19.8 Å². The summed E-state index contributed by atoms with van der Waals surface area (Å²) in [5, 5.41) is 9.20. The van der Waals surface area contributed by atoms with Crippen molar-refractivity contribution in [2.75, 3.05) is 0 Å². The average Bonchev–Trinajstić information content (AvgIpc) is 2.69. The molecule has 0 heterocycles. The van der Waals surface area contributed by atoms with Crippen molar-refractivity contribution >= 4 is 5.91 Å². The van der Waals surface area contributed by atoms with Gasteiger partial charge in [-0.05, 0) is 18.3 Å². The van der Waals surface area contributed by atoms with Gasteiger partial charge >= 0.3 is 0 Å². The van der Waals surface area contributed by atoms with Crippen LogP contribution in [0.2, 0.25) is 0 Å². The van der Waals surface area contributed by atoms with Gasteiger partial charge in [0.15, 0.2) is 0 Å². The van der Waals surface area contributed by atoms with Crippen molar-refractivity contribution in [1.82, 2.24) is 0 Å². The minimum absolute atomic E-state index is 0.0278. The van der Waals surface area contributed by atoms with E-state index in [0.29, 0.717) is 0 Å². The third-order valence-corrected chi connectivity index (χ3v) is 2.23. The third kappa shape index (κ3) is 2.50. The van der Waals surface area contributed by atoms with Crippen LogP contribution in [0.25, 0.3) is 0 Å². The molecule has 0 bridgehead atoms. The van der Waals surface area contributed by atoms with Crippen molar-refractivity contribution in [2.45, 2.75) is 32.3 Å². The van der Waals surface area contributed by atoms with Crippen LogP contribution < -0.4 is 5.73 Å². The molecule has 1 aliphatic rings. The van der Waals surface area contributed by atoms with Gasteiger partial charge in [-0.15, -0.1) is 0 Å². The molecule has 1 aliphatic carbocycles. The van der Waals surface area contributed by atoms with E-state index in [1.165, 1.54) is 12.8 Å². The fraction of sp³-hybridized carbons (Fsp3) is 0.875. The van der Waals surface area contributed by atoms with Gasteiger partial charge in [-0.25, -0.2) is 0 Å². The molecule has 0 spiro atoms. The summed E-state index contributed by atoms with van der Waals surface area (Å²) in [6.45, 7) is 1.87. The quantitative estimate of drug-likeness (QED) is 0.615. The topological polar surface area (TPSA) is 63.3 Å². The Bertz CT molecular complexity index is 154. The number of primary amides is 1. The van der Waals surface area contributed by atoms with Crippen LogP contribution in [0.15, 0.2) is 0 Å². The fourth-order valence-electron chi connectivity index (χ4n) is 1.29. The second kappa shape index (κ2) is 3.22. The van der Waals surface area contributed by atoms with Gasteiger partial charge in [0.2, 0.25) is 5.91 Å². The van der Waals surface area contributed by atoms with Crippen LogP contribution in [0, 0.1) is 11.8 Å². The number of carbonyl (C=O) groups excluding carboxylic acids is 1. The van der Waals surface area contributed by atoms with Crippen LogP contribution in [0.5, 0.6) is 0 Å². The molecule has 2 unspecified atom stereocenters. The smallest absolute Gasteiger partial charge is 0.246 e. The van der Waals surface area contributed by atoms with E-state index in [-0.39, 0.29) is 5.92 Å². The standard InChI is InChI=1S/C8H15NO2/c1-5(4-6-2-3-6)7(10)8(9)11/h5-7,10H,2-4H2,1H3,(H2,9,11). The summed E-state index contributed by atoms with van der Waals surface area (Å²) in [7, 11) is 0. The van der Waals surface area contributed by atoms with E-state index in [9.17, 15) is 9.90 Å². The largest absolute Gasteiger partial charge is 0.383 e. The summed E-state index contributed by atoms with van der Waals surface area (Å²) >= 11 is 0. The molecule has 0 aromatic rings. The Morgan fingerprint density at radius 2 is 2.27 bits per heavy atom. The first-order valence-electron chi connectivity index (χ1n) is 4.08. The molecule has 0 aromatic carbocycles. The van der Waals surface area contributed by atoms with E-state index in [1.54, 1.807) is 0 Å². The number of nitrogens with two attached hydrogens (primary N) is 1. The van der Waals surface area contributed by atoms with Crippen LogP contribution in [0.1, 0.15) is 26.2 Å². The van der Waals surface area contributed by atoms with E-state index in [4.69, 9.17) is 5.73 Å². The molecule has 1 amide bonds. The first-order valence-corrected chi connectivity index (χ1v) is 4.08. The molecule has 2 atom stereocenters. The summed E-state index contributed by atoms with van der Waals surface area (Å²) in [5.74, 6) is 0.164. The molecule has 1 saturated carbocycles. The molecular weight excluding hydrogens is 142 g/mol.